The number of benzene rings is 1. The van der Waals surface area contributed by atoms with Crippen LogP contribution in [0.1, 0.15) is 24.5 Å². The van der Waals surface area contributed by atoms with Crippen molar-refractivity contribution in [3.63, 3.8) is 0 Å². The molecule has 0 radical (unpaired) electrons. The molecule has 5 heteroatoms. The standard InChI is InChI=1S/C22H23N3O2/c26-21(9-11-23-10-8-17-4-1-2-5-19(17)23)24-13-16-12-18(15-24)20-6-3-7-22(27)25(20)14-16/h1-8,10,16,18H,9,11-15H2/t16-,18+/m0/s1. The van der Waals surface area contributed by atoms with Crippen molar-refractivity contribution >= 4 is 16.8 Å². The van der Waals surface area contributed by atoms with Crippen LogP contribution in [0.25, 0.3) is 10.9 Å². The van der Waals surface area contributed by atoms with Gasteiger partial charge in [0.15, 0.2) is 0 Å². The Morgan fingerprint density at radius 3 is 2.81 bits per heavy atom. The molecule has 0 aliphatic carbocycles. The van der Waals surface area contributed by atoms with Gasteiger partial charge < -0.3 is 14.0 Å². The molecule has 5 rings (SSSR count). The molecule has 3 aromatic rings. The van der Waals surface area contributed by atoms with E-state index in [1.165, 1.54) is 10.9 Å². The summed E-state index contributed by atoms with van der Waals surface area (Å²) in [5.74, 6) is 0.879. The zero-order valence-corrected chi connectivity index (χ0v) is 15.3. The molecule has 5 nitrogen and oxygen atoms in total. The number of rotatable bonds is 3. The highest BCUT2D eigenvalue weighted by atomic mass is 16.2. The maximum atomic E-state index is 12.9. The lowest BCUT2D eigenvalue weighted by molar-refractivity contribution is -0.134. The molecule has 2 aliphatic heterocycles. The monoisotopic (exact) mass is 361 g/mol. The second kappa shape index (κ2) is 6.41. The molecule has 4 heterocycles. The molecule has 27 heavy (non-hydrogen) atoms. The SMILES string of the molecule is O=C(CCn1ccc2ccccc21)N1C[C@@H]2C[C@H](C1)c1cccc(=O)n1C2. The maximum absolute atomic E-state index is 12.9. The Morgan fingerprint density at radius 1 is 1.00 bits per heavy atom. The Kier molecular flexibility index (Phi) is 3.88. The number of likely N-dealkylation sites (tertiary alicyclic amines) is 1. The van der Waals surface area contributed by atoms with Gasteiger partial charge in [-0.1, -0.05) is 24.3 Å². The second-order valence-corrected chi connectivity index (χ2v) is 7.81. The molecule has 2 bridgehead atoms. The van der Waals surface area contributed by atoms with Gasteiger partial charge >= 0.3 is 0 Å². The normalized spacial score (nSPS) is 21.3. The predicted octanol–water partition coefficient (Wildman–Crippen LogP) is 2.84. The fourth-order valence-electron chi connectivity index (χ4n) is 4.81. The molecule has 0 unspecified atom stereocenters. The molecule has 2 aromatic heterocycles. The number of hydrogen-bond acceptors (Lipinski definition) is 2. The predicted molar refractivity (Wildman–Crippen MR) is 105 cm³/mol. The van der Waals surface area contributed by atoms with Crippen molar-refractivity contribution in [1.82, 2.24) is 14.0 Å². The van der Waals surface area contributed by atoms with Crippen LogP contribution >= 0.6 is 0 Å². The minimum Gasteiger partial charge on any atom is -0.347 e. The summed E-state index contributed by atoms with van der Waals surface area (Å²) in [5, 5.41) is 1.21. The fraction of sp³-hybridized carbons (Fsp3) is 0.364. The molecule has 1 aromatic carbocycles. The minimum absolute atomic E-state index is 0.0847. The second-order valence-electron chi connectivity index (χ2n) is 7.81. The van der Waals surface area contributed by atoms with Crippen LogP contribution in [0, 0.1) is 5.92 Å². The number of pyridine rings is 1. The van der Waals surface area contributed by atoms with E-state index >= 15 is 0 Å². The van der Waals surface area contributed by atoms with Crippen molar-refractivity contribution in [1.29, 1.82) is 0 Å². The van der Waals surface area contributed by atoms with Crippen LogP contribution in [0.3, 0.4) is 0 Å². The number of hydrogen-bond donors (Lipinski definition) is 0. The highest BCUT2D eigenvalue weighted by Crippen LogP contribution is 2.35. The molecule has 0 spiro atoms. The highest BCUT2D eigenvalue weighted by molar-refractivity contribution is 5.80. The number of para-hydroxylation sites is 1. The van der Waals surface area contributed by atoms with Gasteiger partial charge in [0, 0.05) is 62.0 Å². The van der Waals surface area contributed by atoms with E-state index in [-0.39, 0.29) is 17.4 Å². The molecule has 1 saturated heterocycles. The average Bonchev–Trinajstić information content (AvgIpc) is 3.10. The maximum Gasteiger partial charge on any atom is 0.250 e. The first kappa shape index (κ1) is 16.4. The van der Waals surface area contributed by atoms with E-state index in [9.17, 15) is 9.59 Å². The molecule has 1 fully saturated rings. The van der Waals surface area contributed by atoms with E-state index in [1.807, 2.05) is 33.7 Å². The Labute approximate surface area is 157 Å². The third-order valence-electron chi connectivity index (χ3n) is 6.08. The molecule has 138 valence electrons. The van der Waals surface area contributed by atoms with Crippen LogP contribution in [0.5, 0.6) is 0 Å². The Morgan fingerprint density at radius 2 is 1.89 bits per heavy atom. The summed E-state index contributed by atoms with van der Waals surface area (Å²) in [6.07, 6.45) is 3.65. The quantitative estimate of drug-likeness (QED) is 0.720. The van der Waals surface area contributed by atoms with Gasteiger partial charge in [-0.25, -0.2) is 0 Å². The fourth-order valence-corrected chi connectivity index (χ4v) is 4.81. The van der Waals surface area contributed by atoms with E-state index in [0.29, 0.717) is 18.9 Å². The number of carbonyl (C=O) groups excluding carboxylic acids is 1. The molecular formula is C22H23N3O2. The third kappa shape index (κ3) is 2.87. The van der Waals surface area contributed by atoms with E-state index < -0.39 is 0 Å². The lowest BCUT2D eigenvalue weighted by Crippen LogP contribution is -2.49. The van der Waals surface area contributed by atoms with Gasteiger partial charge in [0.25, 0.3) is 5.56 Å². The number of amides is 1. The minimum atomic E-state index is 0.0847. The molecule has 1 amide bonds. The molecule has 0 N–H and O–H groups in total. The Balaban J connectivity index is 1.30. The summed E-state index contributed by atoms with van der Waals surface area (Å²) in [4.78, 5) is 27.0. The summed E-state index contributed by atoms with van der Waals surface area (Å²) in [7, 11) is 0. The zero-order chi connectivity index (χ0) is 18.4. The topological polar surface area (TPSA) is 47.2 Å². The summed E-state index contributed by atoms with van der Waals surface area (Å²) in [6, 6.07) is 15.9. The van der Waals surface area contributed by atoms with Crippen molar-refractivity contribution in [3.05, 3.63) is 70.8 Å². The van der Waals surface area contributed by atoms with Crippen molar-refractivity contribution in [2.75, 3.05) is 13.1 Å². The molecule has 0 saturated carbocycles. The van der Waals surface area contributed by atoms with Crippen LogP contribution in [0.2, 0.25) is 0 Å². The van der Waals surface area contributed by atoms with E-state index in [1.54, 1.807) is 6.07 Å². The van der Waals surface area contributed by atoms with Gasteiger partial charge in [-0.2, -0.15) is 0 Å². The van der Waals surface area contributed by atoms with Crippen molar-refractivity contribution in [3.8, 4) is 0 Å². The van der Waals surface area contributed by atoms with Crippen molar-refractivity contribution in [2.45, 2.75) is 31.8 Å². The highest BCUT2D eigenvalue weighted by Gasteiger charge is 2.35. The summed E-state index contributed by atoms with van der Waals surface area (Å²) < 4.78 is 4.07. The lowest BCUT2D eigenvalue weighted by atomic mass is 9.83. The van der Waals surface area contributed by atoms with Crippen LogP contribution in [-0.4, -0.2) is 33.0 Å². The zero-order valence-electron chi connectivity index (χ0n) is 15.3. The number of piperidine rings is 1. The lowest BCUT2D eigenvalue weighted by Gasteiger charge is -2.42. The van der Waals surface area contributed by atoms with E-state index in [0.717, 1.165) is 31.7 Å². The summed E-state index contributed by atoms with van der Waals surface area (Å²) in [5.41, 5.74) is 2.35. The first-order chi connectivity index (χ1) is 13.2. The first-order valence-electron chi connectivity index (χ1n) is 9.70. The van der Waals surface area contributed by atoms with Gasteiger partial charge in [-0.15, -0.1) is 0 Å². The first-order valence-corrected chi connectivity index (χ1v) is 9.70. The largest absolute Gasteiger partial charge is 0.347 e. The number of fused-ring (bicyclic) bond motifs is 5. The van der Waals surface area contributed by atoms with Gasteiger partial charge in [0.2, 0.25) is 5.91 Å². The number of aryl methyl sites for hydroxylation is 1. The van der Waals surface area contributed by atoms with Crippen LogP contribution in [-0.2, 0) is 17.9 Å². The average molecular weight is 361 g/mol. The van der Waals surface area contributed by atoms with Crippen LogP contribution in [0.4, 0.5) is 0 Å². The Bertz CT molecular complexity index is 1060. The molecule has 2 aliphatic rings. The number of nitrogens with zero attached hydrogens (tertiary/aromatic N) is 3. The summed E-state index contributed by atoms with van der Waals surface area (Å²) >= 11 is 0. The van der Waals surface area contributed by atoms with Crippen molar-refractivity contribution in [2.24, 2.45) is 5.92 Å². The number of aromatic nitrogens is 2. The third-order valence-corrected chi connectivity index (χ3v) is 6.08. The van der Waals surface area contributed by atoms with Gasteiger partial charge in [-0.3, -0.25) is 9.59 Å². The van der Waals surface area contributed by atoms with Crippen molar-refractivity contribution < 1.29 is 4.79 Å². The van der Waals surface area contributed by atoms with E-state index in [2.05, 4.69) is 29.0 Å². The van der Waals surface area contributed by atoms with Gasteiger partial charge in [0.05, 0.1) is 0 Å². The molecular weight excluding hydrogens is 338 g/mol. The smallest absolute Gasteiger partial charge is 0.250 e. The van der Waals surface area contributed by atoms with Gasteiger partial charge in [0.1, 0.15) is 0 Å². The van der Waals surface area contributed by atoms with E-state index in [4.69, 9.17) is 0 Å². The summed E-state index contributed by atoms with van der Waals surface area (Å²) in [6.45, 7) is 2.93. The Hall–Kier alpha value is -2.82. The van der Waals surface area contributed by atoms with Crippen LogP contribution < -0.4 is 5.56 Å². The molecule has 2 atom stereocenters. The number of carbonyl (C=O) groups is 1. The van der Waals surface area contributed by atoms with Crippen LogP contribution in [0.15, 0.2) is 59.5 Å². The van der Waals surface area contributed by atoms with Gasteiger partial charge in [-0.05, 0) is 35.9 Å².